The number of nitrogens with one attached hydrogen (secondary N) is 1. The minimum Gasteiger partial charge on any atom is -0.478 e. The number of hydrogen-bond acceptors (Lipinski definition) is 5. The maximum atomic E-state index is 11.4. The third kappa shape index (κ3) is 3.21. The predicted octanol–water partition coefficient (Wildman–Crippen LogP) is 1.69. The van der Waals surface area contributed by atoms with Crippen molar-refractivity contribution < 1.29 is 24.6 Å². The van der Waals surface area contributed by atoms with Crippen molar-refractivity contribution in [3.63, 3.8) is 0 Å². The first kappa shape index (κ1) is 14.2. The number of aromatic nitrogens is 1. The van der Waals surface area contributed by atoms with Gasteiger partial charge in [0.25, 0.3) is 0 Å². The minimum absolute atomic E-state index is 0.132. The first-order valence-electron chi connectivity index (χ1n) is 5.93. The average Bonchev–Trinajstić information content (AvgIpc) is 2.68. The molecule has 2 rings (SSSR count). The van der Waals surface area contributed by atoms with Gasteiger partial charge < -0.3 is 10.2 Å². The number of anilines is 1. The second-order valence-electron chi connectivity index (χ2n) is 4.33. The van der Waals surface area contributed by atoms with E-state index in [4.69, 9.17) is 10.2 Å². The number of amides is 1. The second kappa shape index (κ2) is 5.83. The van der Waals surface area contributed by atoms with Crippen LogP contribution in [0.25, 0.3) is 0 Å². The van der Waals surface area contributed by atoms with Crippen LogP contribution in [0.1, 0.15) is 40.5 Å². The summed E-state index contributed by atoms with van der Waals surface area (Å²) >= 11 is 0.884. The van der Waals surface area contributed by atoms with Crippen LogP contribution >= 0.6 is 11.3 Å². The smallest absolute Gasteiger partial charge is 0.347 e. The summed E-state index contributed by atoms with van der Waals surface area (Å²) in [5, 5.41) is 20.1. The van der Waals surface area contributed by atoms with Gasteiger partial charge in [0.05, 0.1) is 5.69 Å². The van der Waals surface area contributed by atoms with Crippen molar-refractivity contribution in [2.24, 2.45) is 0 Å². The molecule has 8 heteroatoms. The molecule has 1 heterocycles. The van der Waals surface area contributed by atoms with E-state index in [1.807, 2.05) is 0 Å². The highest BCUT2D eigenvalue weighted by molar-refractivity contribution is 7.17. The third-order valence-electron chi connectivity index (χ3n) is 2.95. The molecule has 0 saturated heterocycles. The van der Waals surface area contributed by atoms with Crippen LogP contribution in [-0.4, -0.2) is 33.0 Å². The average molecular weight is 296 g/mol. The number of aliphatic carboxylic acids is 1. The van der Waals surface area contributed by atoms with Crippen LogP contribution < -0.4 is 5.32 Å². The number of nitrogens with zero attached hydrogens (tertiary/aromatic N) is 1. The Balaban J connectivity index is 2.14. The fourth-order valence-corrected chi connectivity index (χ4v) is 2.68. The summed E-state index contributed by atoms with van der Waals surface area (Å²) in [7, 11) is 0. The van der Waals surface area contributed by atoms with E-state index in [9.17, 15) is 14.4 Å². The van der Waals surface area contributed by atoms with E-state index >= 15 is 0 Å². The highest BCUT2D eigenvalue weighted by atomic mass is 32.1. The van der Waals surface area contributed by atoms with Crippen molar-refractivity contribution in [2.75, 3.05) is 5.32 Å². The van der Waals surface area contributed by atoms with Crippen LogP contribution in [0.5, 0.6) is 0 Å². The van der Waals surface area contributed by atoms with Crippen LogP contribution in [0.4, 0.5) is 5.13 Å². The predicted molar refractivity (Wildman–Crippen MR) is 71.1 cm³/mol. The molecular weight excluding hydrogens is 284 g/mol. The molecule has 0 spiro atoms. The molecule has 1 aliphatic rings. The zero-order valence-corrected chi connectivity index (χ0v) is 11.1. The minimum atomic E-state index is -1.24. The Morgan fingerprint density at radius 1 is 1.25 bits per heavy atom. The molecule has 7 nitrogen and oxygen atoms in total. The molecule has 0 aliphatic heterocycles. The largest absolute Gasteiger partial charge is 0.478 e. The monoisotopic (exact) mass is 296 g/mol. The normalized spacial score (nSPS) is 15.0. The zero-order valence-electron chi connectivity index (χ0n) is 10.3. The topological polar surface area (TPSA) is 117 Å². The van der Waals surface area contributed by atoms with Gasteiger partial charge in [-0.2, -0.15) is 0 Å². The van der Waals surface area contributed by atoms with Crippen molar-refractivity contribution in [1.29, 1.82) is 0 Å². The molecule has 0 atom stereocenters. The summed E-state index contributed by atoms with van der Waals surface area (Å²) in [5.41, 5.74) is 0.506. The Kier molecular flexibility index (Phi) is 4.14. The fourth-order valence-electron chi connectivity index (χ4n) is 1.79. The number of carbonyl (C=O) groups is 3. The lowest BCUT2D eigenvalue weighted by atomic mass is 9.82. The summed E-state index contributed by atoms with van der Waals surface area (Å²) in [4.78, 5) is 37.1. The van der Waals surface area contributed by atoms with Gasteiger partial charge in [0.15, 0.2) is 5.13 Å². The molecule has 1 aromatic heterocycles. The molecule has 1 aromatic rings. The number of rotatable bonds is 5. The molecule has 0 unspecified atom stereocenters. The van der Waals surface area contributed by atoms with E-state index in [0.29, 0.717) is 11.8 Å². The molecule has 0 aromatic carbocycles. The van der Waals surface area contributed by atoms with E-state index in [2.05, 4.69) is 10.3 Å². The van der Waals surface area contributed by atoms with Gasteiger partial charge in [0.1, 0.15) is 4.88 Å². The Hall–Kier alpha value is -2.22. The lowest BCUT2D eigenvalue weighted by molar-refractivity contribution is -0.131. The van der Waals surface area contributed by atoms with Crippen molar-refractivity contribution >= 4 is 34.3 Å². The Bertz CT molecular complexity index is 589. The van der Waals surface area contributed by atoms with Gasteiger partial charge in [-0.05, 0) is 12.8 Å². The summed E-state index contributed by atoms with van der Waals surface area (Å²) in [6.07, 6.45) is 4.40. The van der Waals surface area contributed by atoms with Crippen LogP contribution in [0.15, 0.2) is 12.2 Å². The Morgan fingerprint density at radius 3 is 2.45 bits per heavy atom. The van der Waals surface area contributed by atoms with Crippen molar-refractivity contribution in [1.82, 2.24) is 4.98 Å². The molecular formula is C12H12N2O5S. The number of aromatic carboxylic acids is 1. The number of thiazole rings is 1. The summed E-state index contributed by atoms with van der Waals surface area (Å²) in [6, 6.07) is 0. The van der Waals surface area contributed by atoms with Gasteiger partial charge >= 0.3 is 11.9 Å². The maximum absolute atomic E-state index is 11.4. The fraction of sp³-hybridized carbons (Fsp3) is 0.333. The zero-order chi connectivity index (χ0) is 14.7. The highest BCUT2D eigenvalue weighted by Crippen LogP contribution is 2.40. The molecule has 1 aliphatic carbocycles. The summed E-state index contributed by atoms with van der Waals surface area (Å²) < 4.78 is 0. The molecule has 0 radical (unpaired) electrons. The van der Waals surface area contributed by atoms with Crippen molar-refractivity contribution in [2.45, 2.75) is 25.2 Å². The van der Waals surface area contributed by atoms with E-state index in [-0.39, 0.29) is 15.9 Å². The van der Waals surface area contributed by atoms with Crippen LogP contribution in [-0.2, 0) is 9.59 Å². The number of carboxylic acids is 2. The second-order valence-corrected chi connectivity index (χ2v) is 5.33. The third-order valence-corrected chi connectivity index (χ3v) is 3.92. The molecule has 3 N–H and O–H groups in total. The molecule has 106 valence electrons. The number of carboxylic acid groups (broad SMARTS) is 2. The van der Waals surface area contributed by atoms with Crippen molar-refractivity contribution in [3.05, 3.63) is 22.7 Å². The Labute approximate surface area is 118 Å². The van der Waals surface area contributed by atoms with E-state index < -0.39 is 17.8 Å². The van der Waals surface area contributed by atoms with Gasteiger partial charge in [0, 0.05) is 18.1 Å². The van der Waals surface area contributed by atoms with E-state index in [1.165, 1.54) is 0 Å². The highest BCUT2D eigenvalue weighted by Gasteiger charge is 2.29. The summed E-state index contributed by atoms with van der Waals surface area (Å²) in [5.74, 6) is -2.82. The lowest BCUT2D eigenvalue weighted by Crippen LogP contribution is -2.13. The van der Waals surface area contributed by atoms with Crippen LogP contribution in [0, 0.1) is 0 Å². The lowest BCUT2D eigenvalue weighted by Gasteiger charge is -2.23. The first-order chi connectivity index (χ1) is 9.47. The summed E-state index contributed by atoms with van der Waals surface area (Å²) in [6.45, 7) is 0. The van der Waals surface area contributed by atoms with Gasteiger partial charge in [-0.25, -0.2) is 14.6 Å². The molecule has 1 saturated carbocycles. The Morgan fingerprint density at radius 2 is 1.95 bits per heavy atom. The van der Waals surface area contributed by atoms with Gasteiger partial charge in [-0.15, -0.1) is 0 Å². The maximum Gasteiger partial charge on any atom is 0.347 e. The van der Waals surface area contributed by atoms with Crippen LogP contribution in [0.3, 0.4) is 0 Å². The van der Waals surface area contributed by atoms with Gasteiger partial charge in [-0.3, -0.25) is 10.1 Å². The van der Waals surface area contributed by atoms with E-state index in [1.54, 1.807) is 0 Å². The molecule has 1 amide bonds. The molecule has 0 bridgehead atoms. The van der Waals surface area contributed by atoms with Gasteiger partial charge in [-0.1, -0.05) is 17.8 Å². The van der Waals surface area contributed by atoms with Gasteiger partial charge in [0.2, 0.25) is 5.91 Å². The number of hydrogen-bond donors (Lipinski definition) is 3. The van der Waals surface area contributed by atoms with E-state index in [0.717, 1.165) is 36.7 Å². The SMILES string of the molecule is O=C(O)/C=C/C(=O)Nc1nc(C2CCC2)c(C(=O)O)s1. The molecule has 20 heavy (non-hydrogen) atoms. The first-order valence-corrected chi connectivity index (χ1v) is 6.75. The standard InChI is InChI=1S/C12H12N2O5S/c15-7(4-5-8(16)17)13-12-14-9(6-2-1-3-6)10(20-12)11(18)19/h4-6H,1-3H2,(H,16,17)(H,18,19)(H,13,14,15)/b5-4+. The number of carbonyl (C=O) groups excluding carboxylic acids is 1. The van der Waals surface area contributed by atoms with Crippen molar-refractivity contribution in [3.8, 4) is 0 Å². The molecule has 1 fully saturated rings. The quantitative estimate of drug-likeness (QED) is 0.712. The van der Waals surface area contributed by atoms with Crippen LogP contribution in [0.2, 0.25) is 0 Å².